The van der Waals surface area contributed by atoms with Crippen molar-refractivity contribution in [3.63, 3.8) is 0 Å². The van der Waals surface area contributed by atoms with E-state index >= 15 is 0 Å². The van der Waals surface area contributed by atoms with Crippen molar-refractivity contribution < 1.29 is 4.79 Å². The molecule has 0 N–H and O–H groups in total. The van der Waals surface area contributed by atoms with E-state index in [-0.39, 0.29) is 5.91 Å². The number of carbonyl (C=O) groups is 1. The summed E-state index contributed by atoms with van der Waals surface area (Å²) in [6.45, 7) is 3.45. The molecule has 0 radical (unpaired) electrons. The van der Waals surface area contributed by atoms with Crippen LogP contribution in [-0.2, 0) is 11.2 Å². The molecule has 5 heteroatoms. The molecule has 0 atom stereocenters. The largest absolute Gasteiger partial charge is 0.342 e. The molecule has 3 heterocycles. The summed E-state index contributed by atoms with van der Waals surface area (Å²) in [6, 6.07) is 7.77. The lowest BCUT2D eigenvalue weighted by molar-refractivity contribution is -0.130. The molecular formula is C21H20BrN3O. The summed E-state index contributed by atoms with van der Waals surface area (Å²) in [5, 5.41) is 0. The Morgan fingerprint density at radius 3 is 2.85 bits per heavy atom. The van der Waals surface area contributed by atoms with E-state index in [4.69, 9.17) is 0 Å². The second kappa shape index (κ2) is 8.77. The number of carbonyl (C=O) groups excluding carboxylic acids is 1. The Labute approximate surface area is 162 Å². The number of rotatable bonds is 2. The van der Waals surface area contributed by atoms with Gasteiger partial charge in [0.05, 0.1) is 6.42 Å². The molecule has 1 fully saturated rings. The van der Waals surface area contributed by atoms with Crippen molar-refractivity contribution >= 4 is 21.8 Å². The molecule has 1 amide bonds. The summed E-state index contributed by atoms with van der Waals surface area (Å²) >= 11 is 3.39. The predicted molar refractivity (Wildman–Crippen MR) is 105 cm³/mol. The third kappa shape index (κ3) is 5.27. The Morgan fingerprint density at radius 2 is 2.12 bits per heavy atom. The molecule has 3 rings (SSSR count). The number of allylic oxidation sites excluding steroid dienone is 1. The van der Waals surface area contributed by atoms with Gasteiger partial charge in [-0.15, -0.1) is 0 Å². The first-order valence-corrected chi connectivity index (χ1v) is 9.40. The summed E-state index contributed by atoms with van der Waals surface area (Å²) in [5.41, 5.74) is 3.98. The average Bonchev–Trinajstić information content (AvgIpc) is 2.62. The Morgan fingerprint density at radius 1 is 1.31 bits per heavy atom. The van der Waals surface area contributed by atoms with Crippen molar-refractivity contribution in [2.75, 3.05) is 13.1 Å². The van der Waals surface area contributed by atoms with Gasteiger partial charge in [-0.3, -0.25) is 9.78 Å². The minimum absolute atomic E-state index is 0.152. The molecule has 1 saturated heterocycles. The van der Waals surface area contributed by atoms with E-state index in [0.29, 0.717) is 6.42 Å². The number of hydrogen-bond donors (Lipinski definition) is 0. The average molecular weight is 410 g/mol. The lowest BCUT2D eigenvalue weighted by Gasteiger charge is -2.28. The fourth-order valence-corrected chi connectivity index (χ4v) is 3.26. The van der Waals surface area contributed by atoms with E-state index < -0.39 is 0 Å². The van der Waals surface area contributed by atoms with Gasteiger partial charge in [0.2, 0.25) is 5.91 Å². The van der Waals surface area contributed by atoms with Gasteiger partial charge in [-0.05, 0) is 71.5 Å². The van der Waals surface area contributed by atoms with Crippen molar-refractivity contribution in [3.05, 3.63) is 69.7 Å². The van der Waals surface area contributed by atoms with E-state index in [9.17, 15) is 4.79 Å². The Hall–Kier alpha value is -2.45. The summed E-state index contributed by atoms with van der Waals surface area (Å²) in [5.74, 6) is 6.32. The maximum Gasteiger partial charge on any atom is 0.227 e. The fourth-order valence-electron chi connectivity index (χ4n) is 2.85. The van der Waals surface area contributed by atoms with Crippen molar-refractivity contribution in [2.24, 2.45) is 0 Å². The van der Waals surface area contributed by atoms with Gasteiger partial charge < -0.3 is 4.90 Å². The number of pyridine rings is 2. The molecule has 4 nitrogen and oxygen atoms in total. The van der Waals surface area contributed by atoms with Crippen molar-refractivity contribution in [3.8, 4) is 11.8 Å². The van der Waals surface area contributed by atoms with Crippen LogP contribution in [0.25, 0.3) is 0 Å². The van der Waals surface area contributed by atoms with Gasteiger partial charge in [-0.2, -0.15) is 0 Å². The summed E-state index contributed by atoms with van der Waals surface area (Å²) in [7, 11) is 0. The van der Waals surface area contributed by atoms with Crippen LogP contribution in [0.4, 0.5) is 0 Å². The zero-order valence-corrected chi connectivity index (χ0v) is 16.3. The highest BCUT2D eigenvalue weighted by molar-refractivity contribution is 9.10. The number of aryl methyl sites for hydroxylation is 1. The van der Waals surface area contributed by atoms with Crippen LogP contribution in [0.3, 0.4) is 0 Å². The van der Waals surface area contributed by atoms with Crippen LogP contribution >= 0.6 is 15.9 Å². The van der Waals surface area contributed by atoms with Crippen molar-refractivity contribution in [1.29, 1.82) is 0 Å². The van der Waals surface area contributed by atoms with Gasteiger partial charge in [0.1, 0.15) is 5.69 Å². The molecule has 0 aromatic carbocycles. The van der Waals surface area contributed by atoms with E-state index in [1.807, 2.05) is 42.2 Å². The van der Waals surface area contributed by atoms with Gasteiger partial charge in [-0.1, -0.05) is 17.6 Å². The topological polar surface area (TPSA) is 46.1 Å². The van der Waals surface area contributed by atoms with E-state index in [2.05, 4.69) is 37.7 Å². The highest BCUT2D eigenvalue weighted by Crippen LogP contribution is 2.17. The van der Waals surface area contributed by atoms with Crippen molar-refractivity contribution in [2.45, 2.75) is 26.2 Å². The van der Waals surface area contributed by atoms with Crippen LogP contribution in [0.15, 0.2) is 52.8 Å². The molecule has 0 saturated carbocycles. The number of aromatic nitrogens is 2. The molecule has 2 aromatic heterocycles. The molecule has 0 bridgehead atoms. The van der Waals surface area contributed by atoms with Gasteiger partial charge >= 0.3 is 0 Å². The van der Waals surface area contributed by atoms with Gasteiger partial charge in [0.25, 0.3) is 0 Å². The number of nitrogens with zero attached hydrogens (tertiary/aromatic N) is 3. The Bertz CT molecular complexity index is 885. The molecule has 2 aromatic rings. The zero-order chi connectivity index (χ0) is 18.4. The van der Waals surface area contributed by atoms with Crippen LogP contribution in [0.5, 0.6) is 0 Å². The number of likely N-dealkylation sites (tertiary alicyclic amines) is 1. The molecule has 0 spiro atoms. The molecule has 1 aliphatic heterocycles. The third-order valence-corrected chi connectivity index (χ3v) is 4.67. The Balaban J connectivity index is 1.53. The first kappa shape index (κ1) is 18.3. The van der Waals surface area contributed by atoms with Crippen LogP contribution in [0.1, 0.15) is 29.8 Å². The van der Waals surface area contributed by atoms with Crippen LogP contribution in [0.2, 0.25) is 0 Å². The third-order valence-electron chi connectivity index (χ3n) is 4.24. The standard InChI is InChI=1S/C21H20BrN3O/c1-16-4-2-6-20(24-16)7-3-5-17-8-10-25(11-9-17)21(26)13-18-12-19(22)15-23-14-18/h2,4-6,12,14-15H,8-11,13H2,1H3. The molecule has 1 aliphatic rings. The number of halogens is 1. The molecular weight excluding hydrogens is 390 g/mol. The van der Waals surface area contributed by atoms with Gasteiger partial charge in [0.15, 0.2) is 0 Å². The van der Waals surface area contributed by atoms with Crippen LogP contribution in [-0.4, -0.2) is 33.9 Å². The Kier molecular flexibility index (Phi) is 6.19. The smallest absolute Gasteiger partial charge is 0.227 e. The lowest BCUT2D eigenvalue weighted by Crippen LogP contribution is -2.37. The second-order valence-electron chi connectivity index (χ2n) is 6.31. The summed E-state index contributed by atoms with van der Waals surface area (Å²) in [6.07, 6.45) is 7.58. The molecule has 132 valence electrons. The van der Waals surface area contributed by atoms with Crippen LogP contribution < -0.4 is 0 Å². The molecule has 0 unspecified atom stereocenters. The molecule has 26 heavy (non-hydrogen) atoms. The maximum atomic E-state index is 12.4. The van der Waals surface area contributed by atoms with Crippen molar-refractivity contribution in [1.82, 2.24) is 14.9 Å². The number of piperidine rings is 1. The van der Waals surface area contributed by atoms with Gasteiger partial charge in [-0.25, -0.2) is 4.98 Å². The maximum absolute atomic E-state index is 12.4. The monoisotopic (exact) mass is 409 g/mol. The normalized spacial score (nSPS) is 13.8. The first-order chi connectivity index (χ1) is 12.6. The van der Waals surface area contributed by atoms with E-state index in [1.54, 1.807) is 12.4 Å². The SMILES string of the molecule is Cc1cccc(C#CC=C2CCN(C(=O)Cc3cncc(Br)c3)CC2)n1. The highest BCUT2D eigenvalue weighted by atomic mass is 79.9. The highest BCUT2D eigenvalue weighted by Gasteiger charge is 2.19. The zero-order valence-electron chi connectivity index (χ0n) is 14.7. The summed E-state index contributed by atoms with van der Waals surface area (Å²) in [4.78, 5) is 22.9. The predicted octanol–water partition coefficient (Wildman–Crippen LogP) is 3.69. The number of hydrogen-bond acceptors (Lipinski definition) is 3. The van der Waals surface area contributed by atoms with Gasteiger partial charge in [0, 0.05) is 35.6 Å². The number of amides is 1. The fraction of sp³-hybridized carbons (Fsp3) is 0.286. The summed E-state index contributed by atoms with van der Waals surface area (Å²) < 4.78 is 0.897. The minimum atomic E-state index is 0.152. The van der Waals surface area contributed by atoms with E-state index in [0.717, 1.165) is 47.4 Å². The lowest BCUT2D eigenvalue weighted by atomic mass is 10.0. The second-order valence-corrected chi connectivity index (χ2v) is 7.22. The molecule has 0 aliphatic carbocycles. The minimum Gasteiger partial charge on any atom is -0.342 e. The first-order valence-electron chi connectivity index (χ1n) is 8.60. The quantitative estimate of drug-likeness (QED) is 0.710. The van der Waals surface area contributed by atoms with Crippen LogP contribution in [0, 0.1) is 18.8 Å². The van der Waals surface area contributed by atoms with E-state index in [1.165, 1.54) is 5.57 Å².